The van der Waals surface area contributed by atoms with Crippen LogP contribution in [0.5, 0.6) is 0 Å². The lowest BCUT2D eigenvalue weighted by Gasteiger charge is -2.16. The van der Waals surface area contributed by atoms with E-state index in [-0.39, 0.29) is 12.6 Å². The van der Waals surface area contributed by atoms with Gasteiger partial charge < -0.3 is 10.4 Å². The molecule has 102 valence electrons. The lowest BCUT2D eigenvalue weighted by atomic mass is 10.1. The number of rotatable bonds is 5. The molecule has 0 saturated heterocycles. The normalized spacial score (nSPS) is 12.7. The molecule has 0 bridgehead atoms. The van der Waals surface area contributed by atoms with Gasteiger partial charge in [0.1, 0.15) is 0 Å². The molecule has 0 fully saturated rings. The van der Waals surface area contributed by atoms with Crippen LogP contribution in [0.1, 0.15) is 17.2 Å². The highest BCUT2D eigenvalue weighted by Crippen LogP contribution is 2.15. The van der Waals surface area contributed by atoms with Gasteiger partial charge in [0.15, 0.2) is 0 Å². The number of hydrogen-bond acceptors (Lipinski definition) is 3. The van der Waals surface area contributed by atoms with Crippen LogP contribution in [0.25, 0.3) is 5.52 Å². The van der Waals surface area contributed by atoms with Gasteiger partial charge in [0, 0.05) is 18.3 Å². The van der Waals surface area contributed by atoms with Gasteiger partial charge in [-0.2, -0.15) is 5.10 Å². The summed E-state index contributed by atoms with van der Waals surface area (Å²) >= 11 is 0. The Labute approximate surface area is 117 Å². The minimum Gasteiger partial charge on any atom is -0.394 e. The quantitative estimate of drug-likeness (QED) is 0.745. The van der Waals surface area contributed by atoms with Crippen LogP contribution in [0, 0.1) is 0 Å². The number of benzene rings is 1. The minimum absolute atomic E-state index is 0.0603. The number of nitrogens with zero attached hydrogens (tertiary/aromatic N) is 2. The zero-order chi connectivity index (χ0) is 13.8. The van der Waals surface area contributed by atoms with Crippen molar-refractivity contribution < 1.29 is 5.11 Å². The summed E-state index contributed by atoms with van der Waals surface area (Å²) in [4.78, 5) is 0. The van der Waals surface area contributed by atoms with Crippen molar-refractivity contribution in [3.63, 3.8) is 0 Å². The summed E-state index contributed by atoms with van der Waals surface area (Å²) in [5.41, 5.74) is 3.30. The van der Waals surface area contributed by atoms with Crippen molar-refractivity contribution in [1.82, 2.24) is 14.9 Å². The fraction of sp³-hybridized carbons (Fsp3) is 0.188. The molecule has 20 heavy (non-hydrogen) atoms. The molecule has 0 spiro atoms. The first-order valence-corrected chi connectivity index (χ1v) is 6.69. The standard InChI is InChI=1S/C16H17N3O/c20-12-15(13-6-2-1-3-7-13)17-10-14-11-18-19-9-5-4-8-16(14)19/h1-9,11,15,17,20H,10,12H2. The zero-order valence-electron chi connectivity index (χ0n) is 11.1. The SMILES string of the molecule is OCC(NCc1cnn2ccccc12)c1ccccc1. The van der Waals surface area contributed by atoms with Crippen LogP contribution in [-0.2, 0) is 6.54 Å². The van der Waals surface area contributed by atoms with Crippen molar-refractivity contribution in [2.24, 2.45) is 0 Å². The smallest absolute Gasteiger partial charge is 0.0706 e. The Hall–Kier alpha value is -2.17. The van der Waals surface area contributed by atoms with E-state index in [0.717, 1.165) is 16.6 Å². The second-order valence-electron chi connectivity index (χ2n) is 4.73. The molecule has 2 heterocycles. The number of aromatic nitrogens is 2. The second-order valence-corrected chi connectivity index (χ2v) is 4.73. The van der Waals surface area contributed by atoms with E-state index >= 15 is 0 Å². The van der Waals surface area contributed by atoms with Gasteiger partial charge >= 0.3 is 0 Å². The molecule has 3 aromatic rings. The average Bonchev–Trinajstić information content (AvgIpc) is 2.92. The van der Waals surface area contributed by atoms with E-state index < -0.39 is 0 Å². The van der Waals surface area contributed by atoms with Crippen molar-refractivity contribution in [3.05, 3.63) is 72.1 Å². The molecule has 0 aliphatic heterocycles. The predicted molar refractivity (Wildman–Crippen MR) is 78.3 cm³/mol. The predicted octanol–water partition coefficient (Wildman–Crippen LogP) is 2.16. The largest absolute Gasteiger partial charge is 0.394 e. The van der Waals surface area contributed by atoms with Crippen LogP contribution in [0.4, 0.5) is 0 Å². The minimum atomic E-state index is -0.0603. The molecule has 4 heteroatoms. The number of nitrogens with one attached hydrogen (secondary N) is 1. The molecule has 3 rings (SSSR count). The molecule has 4 nitrogen and oxygen atoms in total. The van der Waals surface area contributed by atoms with Crippen molar-refractivity contribution >= 4 is 5.52 Å². The van der Waals surface area contributed by atoms with Gasteiger partial charge in [0.05, 0.1) is 24.4 Å². The Balaban J connectivity index is 1.75. The van der Waals surface area contributed by atoms with Gasteiger partial charge in [-0.1, -0.05) is 36.4 Å². The van der Waals surface area contributed by atoms with Crippen LogP contribution in [0.15, 0.2) is 60.9 Å². The summed E-state index contributed by atoms with van der Waals surface area (Å²) in [7, 11) is 0. The van der Waals surface area contributed by atoms with E-state index in [2.05, 4.69) is 10.4 Å². The Morgan fingerprint density at radius 1 is 1.10 bits per heavy atom. The van der Waals surface area contributed by atoms with E-state index in [4.69, 9.17) is 0 Å². The van der Waals surface area contributed by atoms with E-state index in [9.17, 15) is 5.11 Å². The maximum absolute atomic E-state index is 9.54. The van der Waals surface area contributed by atoms with Crippen LogP contribution < -0.4 is 5.32 Å². The van der Waals surface area contributed by atoms with Crippen molar-refractivity contribution in [2.75, 3.05) is 6.61 Å². The van der Waals surface area contributed by atoms with Crippen LogP contribution in [-0.4, -0.2) is 21.3 Å². The van der Waals surface area contributed by atoms with E-state index in [1.165, 1.54) is 0 Å². The van der Waals surface area contributed by atoms with Gasteiger partial charge in [-0.25, -0.2) is 4.52 Å². The van der Waals surface area contributed by atoms with Crippen molar-refractivity contribution in [2.45, 2.75) is 12.6 Å². The molecule has 0 radical (unpaired) electrons. The number of pyridine rings is 1. The van der Waals surface area contributed by atoms with Crippen LogP contribution in [0.3, 0.4) is 0 Å². The maximum atomic E-state index is 9.54. The van der Waals surface area contributed by atoms with E-state index in [1.807, 2.05) is 65.4 Å². The van der Waals surface area contributed by atoms with Gasteiger partial charge in [-0.05, 0) is 17.7 Å². The summed E-state index contributed by atoms with van der Waals surface area (Å²) in [5, 5.41) is 17.2. The van der Waals surface area contributed by atoms with E-state index in [1.54, 1.807) is 0 Å². The molecule has 2 N–H and O–H groups in total. The first-order valence-electron chi connectivity index (χ1n) is 6.69. The van der Waals surface area contributed by atoms with E-state index in [0.29, 0.717) is 6.54 Å². The third-order valence-corrected chi connectivity index (χ3v) is 3.43. The molecule has 1 unspecified atom stereocenters. The summed E-state index contributed by atoms with van der Waals surface area (Å²) in [6.45, 7) is 0.747. The number of fused-ring (bicyclic) bond motifs is 1. The number of aliphatic hydroxyl groups is 1. The second kappa shape index (κ2) is 5.86. The molecule has 0 saturated carbocycles. The monoisotopic (exact) mass is 267 g/mol. The number of aliphatic hydroxyl groups excluding tert-OH is 1. The summed E-state index contributed by atoms with van der Waals surface area (Å²) in [6.07, 6.45) is 3.79. The third kappa shape index (κ3) is 2.57. The molecular formula is C16H17N3O. The summed E-state index contributed by atoms with van der Waals surface area (Å²) in [5.74, 6) is 0. The number of hydrogen-bond donors (Lipinski definition) is 2. The maximum Gasteiger partial charge on any atom is 0.0706 e. The first-order chi connectivity index (χ1) is 9.88. The lowest BCUT2D eigenvalue weighted by molar-refractivity contribution is 0.244. The first kappa shape index (κ1) is 12.8. The molecular weight excluding hydrogens is 250 g/mol. The van der Waals surface area contributed by atoms with Gasteiger partial charge in [-0.15, -0.1) is 0 Å². The Morgan fingerprint density at radius 2 is 1.90 bits per heavy atom. The highest BCUT2D eigenvalue weighted by molar-refractivity contribution is 5.53. The van der Waals surface area contributed by atoms with Crippen LogP contribution >= 0.6 is 0 Å². The highest BCUT2D eigenvalue weighted by atomic mass is 16.3. The Morgan fingerprint density at radius 3 is 2.70 bits per heavy atom. The van der Waals surface area contributed by atoms with Crippen molar-refractivity contribution in [1.29, 1.82) is 0 Å². The molecule has 2 aromatic heterocycles. The molecule has 0 amide bonds. The fourth-order valence-electron chi connectivity index (χ4n) is 2.33. The Bertz CT molecular complexity index is 678. The topological polar surface area (TPSA) is 49.6 Å². The molecule has 1 aromatic carbocycles. The molecule has 0 aliphatic carbocycles. The molecule has 1 atom stereocenters. The Kier molecular flexibility index (Phi) is 3.76. The average molecular weight is 267 g/mol. The summed E-state index contributed by atoms with van der Waals surface area (Å²) < 4.78 is 1.85. The van der Waals surface area contributed by atoms with Gasteiger partial charge in [-0.3, -0.25) is 0 Å². The highest BCUT2D eigenvalue weighted by Gasteiger charge is 2.10. The van der Waals surface area contributed by atoms with Crippen LogP contribution in [0.2, 0.25) is 0 Å². The van der Waals surface area contributed by atoms with Gasteiger partial charge in [0.2, 0.25) is 0 Å². The molecule has 0 aliphatic rings. The van der Waals surface area contributed by atoms with Gasteiger partial charge in [0.25, 0.3) is 0 Å². The van der Waals surface area contributed by atoms with Crippen molar-refractivity contribution in [3.8, 4) is 0 Å². The zero-order valence-corrected chi connectivity index (χ0v) is 11.1. The third-order valence-electron chi connectivity index (χ3n) is 3.43. The lowest BCUT2D eigenvalue weighted by Crippen LogP contribution is -2.23. The summed E-state index contributed by atoms with van der Waals surface area (Å²) in [6, 6.07) is 15.9. The fourth-order valence-corrected chi connectivity index (χ4v) is 2.33.